The first-order valence-electron chi connectivity index (χ1n) is 7.78. The van der Waals surface area contributed by atoms with Gasteiger partial charge < -0.3 is 9.84 Å². The van der Waals surface area contributed by atoms with E-state index >= 15 is 0 Å². The standard InChI is InChI=1S/C17H23N3O2/c1-22-17-15(12-14-4-2-3-5-16(14)18-17)13-20-8-6-19(7-9-20)10-11-21/h2-5,12,21H,6-11,13H2,1H3. The highest BCUT2D eigenvalue weighted by molar-refractivity contribution is 5.80. The van der Waals surface area contributed by atoms with Crippen LogP contribution in [-0.4, -0.2) is 66.3 Å². The van der Waals surface area contributed by atoms with Crippen LogP contribution in [0.2, 0.25) is 0 Å². The van der Waals surface area contributed by atoms with Crippen molar-refractivity contribution in [3.05, 3.63) is 35.9 Å². The predicted octanol–water partition coefficient (Wildman–Crippen LogP) is 1.35. The predicted molar refractivity (Wildman–Crippen MR) is 87.1 cm³/mol. The lowest BCUT2D eigenvalue weighted by Gasteiger charge is -2.34. The SMILES string of the molecule is COc1nc2ccccc2cc1CN1CCN(CCO)CC1. The zero-order chi connectivity index (χ0) is 15.4. The second kappa shape index (κ2) is 7.05. The molecule has 5 heteroatoms. The topological polar surface area (TPSA) is 48.8 Å². The third-order valence-electron chi connectivity index (χ3n) is 4.23. The van der Waals surface area contributed by atoms with E-state index in [0.29, 0.717) is 0 Å². The van der Waals surface area contributed by atoms with Crippen molar-refractivity contribution in [2.45, 2.75) is 6.54 Å². The molecule has 1 aliphatic heterocycles. The van der Waals surface area contributed by atoms with Crippen LogP contribution in [0.3, 0.4) is 0 Å². The summed E-state index contributed by atoms with van der Waals surface area (Å²) in [6, 6.07) is 10.3. The van der Waals surface area contributed by atoms with Gasteiger partial charge >= 0.3 is 0 Å². The van der Waals surface area contributed by atoms with Crippen molar-refractivity contribution in [3.8, 4) is 5.88 Å². The average Bonchev–Trinajstić information content (AvgIpc) is 2.56. The maximum atomic E-state index is 9.01. The zero-order valence-corrected chi connectivity index (χ0v) is 13.0. The van der Waals surface area contributed by atoms with Crippen LogP contribution in [-0.2, 0) is 6.54 Å². The fourth-order valence-electron chi connectivity index (χ4n) is 2.99. The van der Waals surface area contributed by atoms with E-state index in [-0.39, 0.29) is 6.61 Å². The Kier molecular flexibility index (Phi) is 4.87. The highest BCUT2D eigenvalue weighted by atomic mass is 16.5. The Balaban J connectivity index is 1.73. The first-order valence-corrected chi connectivity index (χ1v) is 7.78. The van der Waals surface area contributed by atoms with E-state index < -0.39 is 0 Å². The summed E-state index contributed by atoms with van der Waals surface area (Å²) in [6.45, 7) is 5.89. The van der Waals surface area contributed by atoms with Gasteiger partial charge in [-0.1, -0.05) is 18.2 Å². The summed E-state index contributed by atoms with van der Waals surface area (Å²) < 4.78 is 5.47. The summed E-state index contributed by atoms with van der Waals surface area (Å²) >= 11 is 0. The molecule has 2 heterocycles. The van der Waals surface area contributed by atoms with Gasteiger partial charge in [-0.2, -0.15) is 0 Å². The molecule has 118 valence electrons. The number of aromatic nitrogens is 1. The van der Waals surface area contributed by atoms with Gasteiger partial charge in [0.25, 0.3) is 0 Å². The first-order chi connectivity index (χ1) is 10.8. The van der Waals surface area contributed by atoms with Gasteiger partial charge in [-0.15, -0.1) is 0 Å². The molecule has 0 radical (unpaired) electrons. The molecule has 1 aliphatic rings. The van der Waals surface area contributed by atoms with Crippen LogP contribution < -0.4 is 4.74 Å². The van der Waals surface area contributed by atoms with E-state index in [1.54, 1.807) is 7.11 Å². The van der Waals surface area contributed by atoms with Crippen molar-refractivity contribution < 1.29 is 9.84 Å². The first kappa shape index (κ1) is 15.2. The van der Waals surface area contributed by atoms with Crippen LogP contribution in [0.5, 0.6) is 5.88 Å². The molecular formula is C17H23N3O2. The molecule has 2 aromatic rings. The minimum atomic E-state index is 0.239. The maximum Gasteiger partial charge on any atom is 0.218 e. The molecule has 0 amide bonds. The maximum absolute atomic E-state index is 9.01. The van der Waals surface area contributed by atoms with Gasteiger partial charge in [0.1, 0.15) is 0 Å². The number of benzene rings is 1. The van der Waals surface area contributed by atoms with Gasteiger partial charge in [0.15, 0.2) is 0 Å². The Morgan fingerprint density at radius 2 is 1.86 bits per heavy atom. The monoisotopic (exact) mass is 301 g/mol. The summed E-state index contributed by atoms with van der Waals surface area (Å²) in [5.74, 6) is 0.719. The van der Waals surface area contributed by atoms with E-state index in [2.05, 4.69) is 26.9 Å². The number of hydrogen-bond acceptors (Lipinski definition) is 5. The average molecular weight is 301 g/mol. The molecular weight excluding hydrogens is 278 g/mol. The lowest BCUT2D eigenvalue weighted by Crippen LogP contribution is -2.46. The number of aliphatic hydroxyl groups is 1. The number of ether oxygens (including phenoxy) is 1. The van der Waals surface area contributed by atoms with E-state index in [4.69, 9.17) is 9.84 Å². The van der Waals surface area contributed by atoms with Crippen molar-refractivity contribution in [1.29, 1.82) is 0 Å². The van der Waals surface area contributed by atoms with Crippen LogP contribution in [0.4, 0.5) is 0 Å². The van der Waals surface area contributed by atoms with Crippen molar-refractivity contribution in [2.24, 2.45) is 0 Å². The number of methoxy groups -OCH3 is 1. The Hall–Kier alpha value is -1.69. The lowest BCUT2D eigenvalue weighted by molar-refractivity contribution is 0.108. The van der Waals surface area contributed by atoms with Gasteiger partial charge in [-0.25, -0.2) is 4.98 Å². The van der Waals surface area contributed by atoms with Gasteiger partial charge in [0.2, 0.25) is 5.88 Å². The normalized spacial score (nSPS) is 17.0. The molecule has 0 spiro atoms. The minimum absolute atomic E-state index is 0.239. The second-order valence-corrected chi connectivity index (χ2v) is 5.69. The quantitative estimate of drug-likeness (QED) is 0.903. The van der Waals surface area contributed by atoms with E-state index in [1.807, 2.05) is 18.2 Å². The minimum Gasteiger partial charge on any atom is -0.481 e. The molecule has 5 nitrogen and oxygen atoms in total. The highest BCUT2D eigenvalue weighted by Crippen LogP contribution is 2.23. The van der Waals surface area contributed by atoms with Crippen molar-refractivity contribution in [2.75, 3.05) is 46.4 Å². The smallest absolute Gasteiger partial charge is 0.218 e. The summed E-state index contributed by atoms with van der Waals surface area (Å²) in [5.41, 5.74) is 2.10. The van der Waals surface area contributed by atoms with E-state index in [9.17, 15) is 0 Å². The van der Waals surface area contributed by atoms with Crippen molar-refractivity contribution >= 4 is 10.9 Å². The number of nitrogens with zero attached hydrogens (tertiary/aromatic N) is 3. The van der Waals surface area contributed by atoms with Crippen LogP contribution in [0.25, 0.3) is 10.9 Å². The number of hydrogen-bond donors (Lipinski definition) is 1. The Morgan fingerprint density at radius 3 is 2.59 bits per heavy atom. The van der Waals surface area contributed by atoms with Gasteiger partial charge in [0, 0.05) is 50.2 Å². The second-order valence-electron chi connectivity index (χ2n) is 5.69. The molecule has 0 unspecified atom stereocenters. The molecule has 1 saturated heterocycles. The molecule has 1 aromatic carbocycles. The van der Waals surface area contributed by atoms with Crippen LogP contribution >= 0.6 is 0 Å². The Labute approximate surface area is 131 Å². The molecule has 1 fully saturated rings. The number of fused-ring (bicyclic) bond motifs is 1. The number of pyridine rings is 1. The summed E-state index contributed by atoms with van der Waals surface area (Å²) in [5, 5.41) is 10.2. The lowest BCUT2D eigenvalue weighted by atomic mass is 10.1. The molecule has 0 aliphatic carbocycles. The third kappa shape index (κ3) is 3.38. The largest absolute Gasteiger partial charge is 0.481 e. The van der Waals surface area contributed by atoms with E-state index in [0.717, 1.165) is 61.6 Å². The van der Waals surface area contributed by atoms with Gasteiger partial charge in [-0.05, 0) is 12.1 Å². The highest BCUT2D eigenvalue weighted by Gasteiger charge is 2.18. The number of para-hydroxylation sites is 1. The van der Waals surface area contributed by atoms with Crippen molar-refractivity contribution in [1.82, 2.24) is 14.8 Å². The molecule has 1 aromatic heterocycles. The molecule has 1 N–H and O–H groups in total. The third-order valence-corrected chi connectivity index (χ3v) is 4.23. The fourth-order valence-corrected chi connectivity index (χ4v) is 2.99. The van der Waals surface area contributed by atoms with Crippen LogP contribution in [0, 0.1) is 0 Å². The number of β-amino-alcohol motifs (C(OH)–C–C–N with tert-alkyl or cyclic N) is 1. The summed E-state index contributed by atoms with van der Waals surface area (Å²) in [4.78, 5) is 9.33. The molecule has 3 rings (SSSR count). The number of piperazine rings is 1. The molecule has 0 atom stereocenters. The summed E-state index contributed by atoms with van der Waals surface area (Å²) in [6.07, 6.45) is 0. The molecule has 0 saturated carbocycles. The fraction of sp³-hybridized carbons (Fsp3) is 0.471. The molecule has 0 bridgehead atoms. The molecule has 22 heavy (non-hydrogen) atoms. The van der Waals surface area contributed by atoms with Gasteiger partial charge in [-0.3, -0.25) is 9.80 Å². The van der Waals surface area contributed by atoms with Crippen LogP contribution in [0.1, 0.15) is 5.56 Å². The van der Waals surface area contributed by atoms with Crippen LogP contribution in [0.15, 0.2) is 30.3 Å². The number of aliphatic hydroxyl groups excluding tert-OH is 1. The number of rotatable bonds is 5. The van der Waals surface area contributed by atoms with E-state index in [1.165, 1.54) is 0 Å². The van der Waals surface area contributed by atoms with Gasteiger partial charge in [0.05, 0.1) is 19.2 Å². The Bertz CT molecular complexity index is 624. The van der Waals surface area contributed by atoms with Crippen molar-refractivity contribution in [3.63, 3.8) is 0 Å². The Morgan fingerprint density at radius 1 is 1.14 bits per heavy atom. The summed E-state index contributed by atoms with van der Waals surface area (Å²) in [7, 11) is 1.68. The zero-order valence-electron chi connectivity index (χ0n) is 13.0.